The highest BCUT2D eigenvalue weighted by molar-refractivity contribution is 5.90. The van der Waals surface area contributed by atoms with Gasteiger partial charge in [0.1, 0.15) is 0 Å². The molecular formula is C20H21NO2. The minimum absolute atomic E-state index is 0.187. The molecule has 0 N–H and O–H groups in total. The molecule has 0 spiro atoms. The molecular weight excluding hydrogens is 286 g/mol. The Morgan fingerprint density at radius 2 is 1.91 bits per heavy atom. The Labute approximate surface area is 137 Å². The van der Waals surface area contributed by atoms with Gasteiger partial charge in [-0.1, -0.05) is 54.1 Å². The summed E-state index contributed by atoms with van der Waals surface area (Å²) in [7, 11) is 0. The van der Waals surface area contributed by atoms with Gasteiger partial charge in [-0.25, -0.2) is 0 Å². The number of allylic oxidation sites excluding steroid dienone is 1. The van der Waals surface area contributed by atoms with Gasteiger partial charge in [0.25, 0.3) is 0 Å². The first-order valence-electron chi connectivity index (χ1n) is 7.94. The number of hydrogen-bond acceptors (Lipinski definition) is 3. The van der Waals surface area contributed by atoms with Gasteiger partial charge < -0.3 is 4.74 Å². The van der Waals surface area contributed by atoms with Crippen LogP contribution in [0.1, 0.15) is 38.2 Å². The van der Waals surface area contributed by atoms with E-state index in [2.05, 4.69) is 36.4 Å². The smallest absolute Gasteiger partial charge is 0.306 e. The van der Waals surface area contributed by atoms with Gasteiger partial charge >= 0.3 is 5.97 Å². The van der Waals surface area contributed by atoms with Crippen molar-refractivity contribution in [3.05, 3.63) is 53.6 Å². The zero-order valence-electron chi connectivity index (χ0n) is 13.4. The molecule has 2 aromatic rings. The van der Waals surface area contributed by atoms with E-state index in [0.717, 1.165) is 11.1 Å². The van der Waals surface area contributed by atoms with E-state index in [0.29, 0.717) is 32.3 Å². The van der Waals surface area contributed by atoms with E-state index in [4.69, 9.17) is 10.00 Å². The average Bonchev–Trinajstić information content (AvgIpc) is 2.58. The molecule has 0 saturated heterocycles. The summed E-state index contributed by atoms with van der Waals surface area (Å²) in [6.07, 6.45) is 4.23. The summed E-state index contributed by atoms with van der Waals surface area (Å²) >= 11 is 0. The third-order valence-corrected chi connectivity index (χ3v) is 3.70. The zero-order chi connectivity index (χ0) is 16.5. The van der Waals surface area contributed by atoms with Crippen LogP contribution in [0.3, 0.4) is 0 Å². The van der Waals surface area contributed by atoms with Gasteiger partial charge in [0.05, 0.1) is 12.7 Å². The van der Waals surface area contributed by atoms with E-state index in [-0.39, 0.29) is 5.97 Å². The van der Waals surface area contributed by atoms with E-state index in [1.807, 2.05) is 18.2 Å². The van der Waals surface area contributed by atoms with Crippen molar-refractivity contribution in [1.82, 2.24) is 0 Å². The van der Waals surface area contributed by atoms with Crippen LogP contribution in [0.25, 0.3) is 16.8 Å². The summed E-state index contributed by atoms with van der Waals surface area (Å²) in [5.41, 5.74) is 2.23. The summed E-state index contributed by atoms with van der Waals surface area (Å²) < 4.78 is 4.99. The first-order valence-corrected chi connectivity index (χ1v) is 7.94. The molecule has 0 saturated carbocycles. The maximum Gasteiger partial charge on any atom is 0.306 e. The Balaban J connectivity index is 2.24. The number of ether oxygens (including phenoxy) is 1. The monoisotopic (exact) mass is 307 g/mol. The van der Waals surface area contributed by atoms with Crippen LogP contribution in [0.15, 0.2) is 48.0 Å². The Bertz CT molecular complexity index is 735. The molecule has 0 bridgehead atoms. The van der Waals surface area contributed by atoms with E-state index in [1.54, 1.807) is 6.92 Å². The molecule has 3 heteroatoms. The number of carbonyl (C=O) groups is 1. The summed E-state index contributed by atoms with van der Waals surface area (Å²) in [6, 6.07) is 16.6. The van der Waals surface area contributed by atoms with Gasteiger partial charge in [0.2, 0.25) is 0 Å². The minimum atomic E-state index is -0.187. The van der Waals surface area contributed by atoms with Gasteiger partial charge in [-0.05, 0) is 36.1 Å². The maximum absolute atomic E-state index is 11.6. The van der Waals surface area contributed by atoms with Crippen LogP contribution in [-0.2, 0) is 9.53 Å². The Hall–Kier alpha value is -2.60. The van der Waals surface area contributed by atoms with Crippen LogP contribution < -0.4 is 0 Å². The number of benzene rings is 2. The molecule has 0 aliphatic heterocycles. The molecule has 118 valence electrons. The molecule has 0 unspecified atom stereocenters. The quantitative estimate of drug-likeness (QED) is 0.686. The lowest BCUT2D eigenvalue weighted by atomic mass is 9.98. The highest BCUT2D eigenvalue weighted by atomic mass is 16.5. The van der Waals surface area contributed by atoms with Crippen LogP contribution in [0.2, 0.25) is 0 Å². The second-order valence-electron chi connectivity index (χ2n) is 5.33. The predicted molar refractivity (Wildman–Crippen MR) is 92.6 cm³/mol. The van der Waals surface area contributed by atoms with E-state index in [1.165, 1.54) is 10.8 Å². The van der Waals surface area contributed by atoms with Crippen molar-refractivity contribution < 1.29 is 9.53 Å². The number of hydrogen-bond donors (Lipinski definition) is 0. The number of nitriles is 1. The fourth-order valence-electron chi connectivity index (χ4n) is 2.58. The molecule has 2 aromatic carbocycles. The maximum atomic E-state index is 11.6. The summed E-state index contributed by atoms with van der Waals surface area (Å²) in [6.45, 7) is 2.21. The van der Waals surface area contributed by atoms with Crippen molar-refractivity contribution in [1.29, 1.82) is 5.26 Å². The van der Waals surface area contributed by atoms with E-state index >= 15 is 0 Å². The lowest BCUT2D eigenvalue weighted by molar-refractivity contribution is -0.143. The molecule has 0 aliphatic rings. The number of fused-ring (bicyclic) bond motifs is 1. The van der Waals surface area contributed by atoms with Crippen LogP contribution in [0.5, 0.6) is 0 Å². The third kappa shape index (κ3) is 4.96. The third-order valence-electron chi connectivity index (χ3n) is 3.70. The average molecular weight is 307 g/mol. The molecule has 0 heterocycles. The molecule has 0 aliphatic carbocycles. The van der Waals surface area contributed by atoms with Gasteiger partial charge in [-0.15, -0.1) is 0 Å². The number of esters is 1. The predicted octanol–water partition coefficient (Wildman–Crippen LogP) is 4.87. The normalized spacial score (nSPS) is 11.2. The first kappa shape index (κ1) is 16.8. The summed E-state index contributed by atoms with van der Waals surface area (Å²) in [4.78, 5) is 11.6. The van der Waals surface area contributed by atoms with Crippen LogP contribution in [0.4, 0.5) is 0 Å². The van der Waals surface area contributed by atoms with Crippen LogP contribution in [-0.4, -0.2) is 12.6 Å². The highest BCUT2D eigenvalue weighted by Crippen LogP contribution is 2.24. The van der Waals surface area contributed by atoms with Gasteiger partial charge in [0.15, 0.2) is 0 Å². The topological polar surface area (TPSA) is 50.1 Å². The van der Waals surface area contributed by atoms with Crippen molar-refractivity contribution in [2.45, 2.75) is 32.6 Å². The second kappa shape index (κ2) is 8.75. The molecule has 0 atom stereocenters. The van der Waals surface area contributed by atoms with Gasteiger partial charge in [0, 0.05) is 12.8 Å². The Morgan fingerprint density at radius 3 is 2.70 bits per heavy atom. The standard InChI is InChI=1S/C20H21NO2/c1-2-23-20(22)13-12-16(7-6-14-21)15-18-10-5-9-17-8-3-4-11-19(17)18/h3-5,8-11,15H,2,6-7,12-13H2,1H3/b16-15-. The Morgan fingerprint density at radius 1 is 1.13 bits per heavy atom. The van der Waals surface area contributed by atoms with Crippen molar-refractivity contribution in [3.63, 3.8) is 0 Å². The molecule has 0 fully saturated rings. The second-order valence-corrected chi connectivity index (χ2v) is 5.33. The number of nitrogens with zero attached hydrogens (tertiary/aromatic N) is 1. The number of carbonyl (C=O) groups excluding carboxylic acids is 1. The van der Waals surface area contributed by atoms with Crippen molar-refractivity contribution >= 4 is 22.8 Å². The molecule has 3 nitrogen and oxygen atoms in total. The molecule has 2 rings (SSSR count). The van der Waals surface area contributed by atoms with Crippen LogP contribution in [0, 0.1) is 11.3 Å². The first-order chi connectivity index (χ1) is 11.2. The minimum Gasteiger partial charge on any atom is -0.466 e. The summed E-state index contributed by atoms with van der Waals surface area (Å²) in [5, 5.41) is 11.2. The SMILES string of the molecule is CCOC(=O)CC/C(=C\c1cccc2ccccc12)CCC#N. The van der Waals surface area contributed by atoms with Crippen molar-refractivity contribution in [2.75, 3.05) is 6.61 Å². The number of rotatable bonds is 7. The van der Waals surface area contributed by atoms with Crippen molar-refractivity contribution in [2.24, 2.45) is 0 Å². The van der Waals surface area contributed by atoms with Gasteiger partial charge in [-0.3, -0.25) is 4.79 Å². The van der Waals surface area contributed by atoms with Crippen molar-refractivity contribution in [3.8, 4) is 6.07 Å². The molecule has 23 heavy (non-hydrogen) atoms. The largest absolute Gasteiger partial charge is 0.466 e. The van der Waals surface area contributed by atoms with Crippen LogP contribution >= 0.6 is 0 Å². The van der Waals surface area contributed by atoms with Gasteiger partial charge in [-0.2, -0.15) is 5.26 Å². The van der Waals surface area contributed by atoms with E-state index < -0.39 is 0 Å². The Kier molecular flexibility index (Phi) is 6.38. The summed E-state index contributed by atoms with van der Waals surface area (Å²) in [5.74, 6) is -0.187. The van der Waals surface area contributed by atoms with E-state index in [9.17, 15) is 4.79 Å². The highest BCUT2D eigenvalue weighted by Gasteiger charge is 2.06. The molecule has 0 amide bonds. The lowest BCUT2D eigenvalue weighted by Crippen LogP contribution is -2.04. The molecule has 0 radical (unpaired) electrons. The fraction of sp³-hybridized carbons (Fsp3) is 0.300. The molecule has 0 aromatic heterocycles. The lowest BCUT2D eigenvalue weighted by Gasteiger charge is -2.08. The zero-order valence-corrected chi connectivity index (χ0v) is 13.4. The fourth-order valence-corrected chi connectivity index (χ4v) is 2.58.